The van der Waals surface area contributed by atoms with Gasteiger partial charge < -0.3 is 4.52 Å². The van der Waals surface area contributed by atoms with Crippen molar-refractivity contribution in [2.45, 2.75) is 0 Å². The van der Waals surface area contributed by atoms with Gasteiger partial charge in [-0.15, -0.1) is 0 Å². The van der Waals surface area contributed by atoms with Crippen molar-refractivity contribution in [3.05, 3.63) is 37.9 Å². The van der Waals surface area contributed by atoms with Gasteiger partial charge in [-0.1, -0.05) is 40.0 Å². The quantitative estimate of drug-likeness (QED) is 0.731. The summed E-state index contributed by atoms with van der Waals surface area (Å²) in [6.07, 6.45) is 0. The van der Waals surface area contributed by atoms with Crippen LogP contribution in [0.5, 0.6) is 0 Å². The molecule has 0 saturated heterocycles. The van der Waals surface area contributed by atoms with E-state index in [9.17, 15) is 0 Å². The summed E-state index contributed by atoms with van der Waals surface area (Å²) in [4.78, 5) is 0. The molecular formula is C9H3BrCl3NO. The van der Waals surface area contributed by atoms with Gasteiger partial charge in [0.25, 0.3) is 0 Å². The second kappa shape index (κ2) is 4.34. The Kier molecular flexibility index (Phi) is 3.26. The lowest BCUT2D eigenvalue weighted by Gasteiger charge is -2.00. The first kappa shape index (κ1) is 11.3. The minimum absolute atomic E-state index is 0.371. The summed E-state index contributed by atoms with van der Waals surface area (Å²) in [5, 5.41) is 5.24. The average Bonchev–Trinajstić information content (AvgIpc) is 2.52. The third kappa shape index (κ3) is 2.16. The highest BCUT2D eigenvalue weighted by molar-refractivity contribution is 9.10. The van der Waals surface area contributed by atoms with Crippen molar-refractivity contribution in [1.82, 2.24) is 5.16 Å². The molecule has 0 atom stereocenters. The summed E-state index contributed by atoms with van der Waals surface area (Å²) in [6.45, 7) is 0. The number of hydrogen-bond acceptors (Lipinski definition) is 2. The molecule has 0 fully saturated rings. The zero-order valence-corrected chi connectivity index (χ0v) is 11.0. The second-order valence-corrected chi connectivity index (χ2v) is 4.68. The van der Waals surface area contributed by atoms with Crippen LogP contribution in [0, 0.1) is 0 Å². The summed E-state index contributed by atoms with van der Waals surface area (Å²) < 4.78 is 5.25. The van der Waals surface area contributed by atoms with Crippen molar-refractivity contribution >= 4 is 50.7 Å². The van der Waals surface area contributed by atoms with Gasteiger partial charge in [0.05, 0.1) is 5.02 Å². The van der Waals surface area contributed by atoms with Gasteiger partial charge in [-0.05, 0) is 34.1 Å². The maximum Gasteiger partial charge on any atom is 0.221 e. The summed E-state index contributed by atoms with van der Waals surface area (Å²) in [7, 11) is 0. The number of aromatic nitrogens is 1. The topological polar surface area (TPSA) is 26.0 Å². The van der Waals surface area contributed by atoms with Crippen molar-refractivity contribution in [2.75, 3.05) is 0 Å². The summed E-state index contributed by atoms with van der Waals surface area (Å²) in [5.74, 6) is 0. The molecule has 78 valence electrons. The molecule has 6 heteroatoms. The monoisotopic (exact) mass is 325 g/mol. The lowest BCUT2D eigenvalue weighted by atomic mass is 10.1. The maximum atomic E-state index is 6.00. The van der Waals surface area contributed by atoms with E-state index in [1.165, 1.54) is 0 Å². The molecular weight excluding hydrogens is 324 g/mol. The lowest BCUT2D eigenvalue weighted by Crippen LogP contribution is -1.80. The van der Waals surface area contributed by atoms with E-state index in [0.29, 0.717) is 31.0 Å². The van der Waals surface area contributed by atoms with Crippen LogP contribution in [0.15, 0.2) is 27.4 Å². The molecule has 0 saturated carbocycles. The highest BCUT2D eigenvalue weighted by Gasteiger charge is 2.16. The van der Waals surface area contributed by atoms with Gasteiger partial charge in [0.15, 0.2) is 0 Å². The predicted octanol–water partition coefficient (Wildman–Crippen LogP) is 5.06. The fraction of sp³-hybridized carbons (Fsp3) is 0. The molecule has 1 aromatic heterocycles. The van der Waals surface area contributed by atoms with Crippen molar-refractivity contribution in [2.24, 2.45) is 0 Å². The minimum Gasteiger partial charge on any atom is -0.347 e. The third-order valence-corrected chi connectivity index (χ3v) is 3.47. The van der Waals surface area contributed by atoms with Crippen LogP contribution >= 0.6 is 50.7 Å². The van der Waals surface area contributed by atoms with Gasteiger partial charge in [-0.3, -0.25) is 0 Å². The molecule has 0 radical (unpaired) electrons. The fourth-order valence-electron chi connectivity index (χ4n) is 1.11. The van der Waals surface area contributed by atoms with E-state index < -0.39 is 0 Å². The first-order valence-electron chi connectivity index (χ1n) is 3.85. The first-order valence-corrected chi connectivity index (χ1v) is 5.78. The third-order valence-electron chi connectivity index (χ3n) is 1.78. The standard InChI is InChI=1S/C9H3BrCl3NO/c10-9-7(13)8(14-15-9)5-3-4(11)1-2-6(5)12/h1-3H. The molecule has 0 aliphatic carbocycles. The van der Waals surface area contributed by atoms with Crippen LogP contribution in [-0.2, 0) is 0 Å². The summed E-state index contributed by atoms with van der Waals surface area (Å²) in [6, 6.07) is 5.05. The average molecular weight is 327 g/mol. The molecule has 0 spiro atoms. The van der Waals surface area contributed by atoms with Crippen molar-refractivity contribution < 1.29 is 4.52 Å². The highest BCUT2D eigenvalue weighted by atomic mass is 79.9. The van der Waals surface area contributed by atoms with E-state index in [4.69, 9.17) is 39.3 Å². The Morgan fingerprint density at radius 1 is 1.20 bits per heavy atom. The van der Waals surface area contributed by atoms with Crippen molar-refractivity contribution in [3.8, 4) is 11.3 Å². The molecule has 0 aliphatic heterocycles. The van der Waals surface area contributed by atoms with Gasteiger partial charge in [-0.2, -0.15) is 0 Å². The molecule has 15 heavy (non-hydrogen) atoms. The van der Waals surface area contributed by atoms with Crippen LogP contribution in [0.2, 0.25) is 15.1 Å². The maximum absolute atomic E-state index is 6.00. The molecule has 2 nitrogen and oxygen atoms in total. The largest absolute Gasteiger partial charge is 0.347 e. The molecule has 0 aliphatic rings. The van der Waals surface area contributed by atoms with Crippen LogP contribution in [0.3, 0.4) is 0 Å². The van der Waals surface area contributed by atoms with Gasteiger partial charge in [0.2, 0.25) is 4.67 Å². The molecule has 2 aromatic rings. The molecule has 1 heterocycles. The van der Waals surface area contributed by atoms with Crippen LogP contribution in [0.25, 0.3) is 11.3 Å². The second-order valence-electron chi connectivity index (χ2n) is 2.74. The Hall–Kier alpha value is -0.220. The molecule has 2 rings (SSSR count). The number of rotatable bonds is 1. The number of nitrogens with zero attached hydrogens (tertiary/aromatic N) is 1. The predicted molar refractivity (Wildman–Crippen MR) is 64.7 cm³/mol. The van der Waals surface area contributed by atoms with E-state index in [0.717, 1.165) is 0 Å². The van der Waals surface area contributed by atoms with Crippen molar-refractivity contribution in [1.29, 1.82) is 0 Å². The lowest BCUT2D eigenvalue weighted by molar-refractivity contribution is 0.402. The zero-order chi connectivity index (χ0) is 11.0. The first-order chi connectivity index (χ1) is 7.09. The van der Waals surface area contributed by atoms with Gasteiger partial charge in [0, 0.05) is 10.6 Å². The molecule has 0 unspecified atom stereocenters. The molecule has 0 N–H and O–H groups in total. The highest BCUT2D eigenvalue weighted by Crippen LogP contribution is 2.37. The van der Waals surface area contributed by atoms with E-state index in [2.05, 4.69) is 21.1 Å². The Balaban J connectivity index is 2.63. The van der Waals surface area contributed by atoms with Crippen LogP contribution in [0.1, 0.15) is 0 Å². The van der Waals surface area contributed by atoms with Gasteiger partial charge in [0.1, 0.15) is 10.7 Å². The van der Waals surface area contributed by atoms with Crippen LogP contribution < -0.4 is 0 Å². The Bertz CT molecular complexity index is 512. The smallest absolute Gasteiger partial charge is 0.221 e. The minimum atomic E-state index is 0.371. The molecule has 0 bridgehead atoms. The summed E-state index contributed by atoms with van der Waals surface area (Å²) in [5.41, 5.74) is 1.11. The van der Waals surface area contributed by atoms with Gasteiger partial charge >= 0.3 is 0 Å². The van der Waals surface area contributed by atoms with E-state index in [1.54, 1.807) is 18.2 Å². The molecule has 1 aromatic carbocycles. The number of halogens is 4. The number of benzene rings is 1. The van der Waals surface area contributed by atoms with Crippen molar-refractivity contribution in [3.63, 3.8) is 0 Å². The zero-order valence-electron chi connectivity index (χ0n) is 7.10. The van der Waals surface area contributed by atoms with E-state index in [-0.39, 0.29) is 0 Å². The van der Waals surface area contributed by atoms with E-state index in [1.807, 2.05) is 0 Å². The normalized spacial score (nSPS) is 10.7. The van der Waals surface area contributed by atoms with Crippen LogP contribution in [-0.4, -0.2) is 5.16 Å². The van der Waals surface area contributed by atoms with E-state index >= 15 is 0 Å². The SMILES string of the molecule is Clc1ccc(Cl)c(-c2noc(Br)c2Cl)c1. The summed E-state index contributed by atoms with van der Waals surface area (Å²) >= 11 is 20.9. The number of hydrogen-bond donors (Lipinski definition) is 0. The Morgan fingerprint density at radius 3 is 2.53 bits per heavy atom. The van der Waals surface area contributed by atoms with Gasteiger partial charge in [-0.25, -0.2) is 0 Å². The Morgan fingerprint density at radius 2 is 1.93 bits per heavy atom. The van der Waals surface area contributed by atoms with Crippen LogP contribution in [0.4, 0.5) is 0 Å². The fourth-order valence-corrected chi connectivity index (χ4v) is 1.92. The Labute approximate surface area is 109 Å². The molecule has 0 amide bonds.